The number of rotatable bonds is 1. The Kier molecular flexibility index (Phi) is 4.18. The lowest BCUT2D eigenvalue weighted by molar-refractivity contribution is -0.115. The van der Waals surface area contributed by atoms with Gasteiger partial charge in [0.05, 0.1) is 4.91 Å². The van der Waals surface area contributed by atoms with Crippen LogP contribution >= 0.6 is 11.8 Å². The maximum absolute atomic E-state index is 12.4. The Morgan fingerprint density at radius 3 is 2.48 bits per heavy atom. The highest BCUT2D eigenvalue weighted by atomic mass is 32.2. The number of hydrogen-bond donors (Lipinski definition) is 1. The van der Waals surface area contributed by atoms with Crippen LogP contribution in [0.4, 0.5) is 4.79 Å². The molecule has 1 N–H and O–H groups in total. The molecule has 0 aromatic heterocycles. The number of allylic oxidation sites excluding steroid dienone is 3. The standard InChI is InChI=1S/C25H19NO2S/c1-14-11-20-19(18-9-8-16-5-3-4-6-17(16)13-18)10-7-15(2)22(20)21(12-14)23-24(27)26-25(28)29-23/h3-10,12-13H,11H2,1-2H3,(H,26,27,28). The van der Waals surface area contributed by atoms with Crippen LogP contribution in [0.3, 0.4) is 0 Å². The van der Waals surface area contributed by atoms with Crippen molar-refractivity contribution in [2.75, 3.05) is 0 Å². The van der Waals surface area contributed by atoms with Crippen LogP contribution in [0.15, 0.2) is 71.2 Å². The molecule has 4 heteroatoms. The smallest absolute Gasteiger partial charge is 0.282 e. The van der Waals surface area contributed by atoms with Crippen LogP contribution in [-0.2, 0) is 11.2 Å². The van der Waals surface area contributed by atoms with Gasteiger partial charge < -0.3 is 0 Å². The van der Waals surface area contributed by atoms with Gasteiger partial charge in [-0.15, -0.1) is 0 Å². The fourth-order valence-electron chi connectivity index (χ4n) is 4.27. The summed E-state index contributed by atoms with van der Waals surface area (Å²) in [7, 11) is 0. The molecular weight excluding hydrogens is 378 g/mol. The Morgan fingerprint density at radius 2 is 1.72 bits per heavy atom. The van der Waals surface area contributed by atoms with Crippen LogP contribution in [0.2, 0.25) is 0 Å². The van der Waals surface area contributed by atoms with E-state index < -0.39 is 0 Å². The molecule has 1 saturated heterocycles. The molecule has 2 amide bonds. The van der Waals surface area contributed by atoms with Gasteiger partial charge in [-0.2, -0.15) is 0 Å². The van der Waals surface area contributed by atoms with Crippen molar-refractivity contribution < 1.29 is 9.59 Å². The van der Waals surface area contributed by atoms with Crippen molar-refractivity contribution in [1.82, 2.24) is 5.32 Å². The highest BCUT2D eigenvalue weighted by Crippen LogP contribution is 2.43. The monoisotopic (exact) mass is 397 g/mol. The van der Waals surface area contributed by atoms with E-state index in [1.54, 1.807) is 0 Å². The van der Waals surface area contributed by atoms with E-state index in [0.29, 0.717) is 4.91 Å². The van der Waals surface area contributed by atoms with E-state index in [2.05, 4.69) is 73.8 Å². The van der Waals surface area contributed by atoms with Gasteiger partial charge in [-0.25, -0.2) is 0 Å². The highest BCUT2D eigenvalue weighted by Gasteiger charge is 2.31. The van der Waals surface area contributed by atoms with Crippen molar-refractivity contribution in [3.63, 3.8) is 0 Å². The molecule has 0 saturated carbocycles. The molecule has 0 spiro atoms. The Balaban J connectivity index is 1.76. The maximum Gasteiger partial charge on any atom is 0.290 e. The molecule has 0 bridgehead atoms. The zero-order chi connectivity index (χ0) is 20.1. The summed E-state index contributed by atoms with van der Waals surface area (Å²) in [5.74, 6) is -0.303. The number of aryl methyl sites for hydroxylation is 1. The summed E-state index contributed by atoms with van der Waals surface area (Å²) >= 11 is 0.994. The lowest BCUT2D eigenvalue weighted by atomic mass is 9.81. The third-order valence-corrected chi connectivity index (χ3v) is 6.46. The molecule has 0 atom stereocenters. The molecule has 1 aliphatic heterocycles. The summed E-state index contributed by atoms with van der Waals surface area (Å²) in [5, 5.41) is 4.51. The molecule has 1 heterocycles. The van der Waals surface area contributed by atoms with Gasteiger partial charge in [0.15, 0.2) is 0 Å². The van der Waals surface area contributed by atoms with Crippen molar-refractivity contribution in [3.05, 3.63) is 87.8 Å². The molecule has 2 aliphatic rings. The van der Waals surface area contributed by atoms with Gasteiger partial charge in [0.1, 0.15) is 0 Å². The van der Waals surface area contributed by atoms with Crippen molar-refractivity contribution in [1.29, 1.82) is 0 Å². The van der Waals surface area contributed by atoms with E-state index in [0.717, 1.165) is 34.9 Å². The molecule has 142 valence electrons. The predicted molar refractivity (Wildman–Crippen MR) is 120 cm³/mol. The van der Waals surface area contributed by atoms with Crippen molar-refractivity contribution >= 4 is 39.3 Å². The number of hydrogen-bond acceptors (Lipinski definition) is 3. The molecule has 3 aromatic carbocycles. The van der Waals surface area contributed by atoms with Gasteiger partial charge in [0, 0.05) is 5.57 Å². The third-order valence-electron chi connectivity index (χ3n) is 5.56. The first-order valence-corrected chi connectivity index (χ1v) is 10.4. The average molecular weight is 397 g/mol. The number of carbonyl (C=O) groups is 2. The van der Waals surface area contributed by atoms with E-state index in [1.807, 2.05) is 6.07 Å². The minimum atomic E-state index is -0.306. The SMILES string of the molecule is CC1=CC(=C2SC(=O)NC2=O)c2c(C)ccc(-c3ccc4ccccc4c3)c2C1. The first-order valence-electron chi connectivity index (χ1n) is 9.58. The number of amides is 2. The highest BCUT2D eigenvalue weighted by molar-refractivity contribution is 8.18. The van der Waals surface area contributed by atoms with Crippen LogP contribution in [0.25, 0.3) is 27.5 Å². The van der Waals surface area contributed by atoms with E-state index in [9.17, 15) is 9.59 Å². The first-order chi connectivity index (χ1) is 14.0. The summed E-state index contributed by atoms with van der Waals surface area (Å²) in [6.07, 6.45) is 2.89. The Morgan fingerprint density at radius 1 is 0.931 bits per heavy atom. The third kappa shape index (κ3) is 3.00. The lowest BCUT2D eigenvalue weighted by Crippen LogP contribution is -2.19. The van der Waals surface area contributed by atoms with Crippen LogP contribution in [0, 0.1) is 6.92 Å². The van der Waals surface area contributed by atoms with Crippen LogP contribution in [0.5, 0.6) is 0 Å². The normalized spacial score (nSPS) is 18.6. The average Bonchev–Trinajstić information content (AvgIpc) is 3.05. The van der Waals surface area contributed by atoms with Gasteiger partial charge in [0.2, 0.25) is 0 Å². The number of fused-ring (bicyclic) bond motifs is 2. The second-order valence-electron chi connectivity index (χ2n) is 7.60. The Bertz CT molecular complexity index is 1280. The molecule has 1 aliphatic carbocycles. The summed E-state index contributed by atoms with van der Waals surface area (Å²) in [6.45, 7) is 4.15. The number of carbonyl (C=O) groups excluding carboxylic acids is 2. The van der Waals surface area contributed by atoms with E-state index in [1.165, 1.54) is 33.0 Å². The molecule has 3 aromatic rings. The largest absolute Gasteiger partial charge is 0.290 e. The quantitative estimate of drug-likeness (QED) is 0.511. The molecule has 0 radical (unpaired) electrons. The minimum Gasteiger partial charge on any atom is -0.282 e. The molecule has 1 fully saturated rings. The molecule has 5 rings (SSSR count). The Hall–Kier alpha value is -3.11. The van der Waals surface area contributed by atoms with Crippen molar-refractivity contribution in [2.24, 2.45) is 0 Å². The van der Waals surface area contributed by atoms with E-state index >= 15 is 0 Å². The van der Waals surface area contributed by atoms with Gasteiger partial charge >= 0.3 is 0 Å². The lowest BCUT2D eigenvalue weighted by Gasteiger charge is -2.24. The fraction of sp³-hybridized carbons (Fsp3) is 0.120. The molecule has 0 unspecified atom stereocenters. The number of nitrogens with one attached hydrogen (secondary N) is 1. The molecule has 3 nitrogen and oxygen atoms in total. The van der Waals surface area contributed by atoms with E-state index in [4.69, 9.17) is 0 Å². The van der Waals surface area contributed by atoms with E-state index in [-0.39, 0.29) is 11.1 Å². The predicted octanol–water partition coefficient (Wildman–Crippen LogP) is 6.01. The fourth-order valence-corrected chi connectivity index (χ4v) is 5.01. The summed E-state index contributed by atoms with van der Waals surface area (Å²) in [5.41, 5.74) is 7.79. The van der Waals surface area contributed by atoms with Crippen molar-refractivity contribution in [3.8, 4) is 11.1 Å². The zero-order valence-corrected chi connectivity index (χ0v) is 17.0. The van der Waals surface area contributed by atoms with Crippen LogP contribution < -0.4 is 5.32 Å². The maximum atomic E-state index is 12.4. The van der Waals surface area contributed by atoms with Gasteiger partial charge in [-0.05, 0) is 76.7 Å². The summed E-state index contributed by atoms with van der Waals surface area (Å²) in [4.78, 5) is 24.6. The first kappa shape index (κ1) is 18.0. The Labute approximate surface area is 173 Å². The number of benzene rings is 3. The van der Waals surface area contributed by atoms with Gasteiger partial charge in [-0.3, -0.25) is 14.9 Å². The summed E-state index contributed by atoms with van der Waals surface area (Å²) < 4.78 is 0. The number of thioether (sulfide) groups is 1. The van der Waals surface area contributed by atoms with Gasteiger partial charge in [0.25, 0.3) is 11.1 Å². The van der Waals surface area contributed by atoms with Crippen LogP contribution in [0.1, 0.15) is 23.6 Å². The van der Waals surface area contributed by atoms with Crippen molar-refractivity contribution in [2.45, 2.75) is 20.3 Å². The second-order valence-corrected chi connectivity index (χ2v) is 8.58. The molecular formula is C25H19NO2S. The summed E-state index contributed by atoms with van der Waals surface area (Å²) in [6, 6.07) is 19.2. The number of imide groups is 1. The second kappa shape index (κ2) is 6.75. The minimum absolute atomic E-state index is 0.303. The van der Waals surface area contributed by atoms with Gasteiger partial charge in [-0.1, -0.05) is 60.2 Å². The topological polar surface area (TPSA) is 46.2 Å². The zero-order valence-electron chi connectivity index (χ0n) is 16.2. The van der Waals surface area contributed by atoms with Crippen LogP contribution in [-0.4, -0.2) is 11.1 Å². The molecule has 29 heavy (non-hydrogen) atoms.